The Kier molecular flexibility index (Phi) is 2.42. The summed E-state index contributed by atoms with van der Waals surface area (Å²) in [4.78, 5) is 22.0. The largest absolute Gasteiger partial charge is 0.302 e. The van der Waals surface area contributed by atoms with Gasteiger partial charge in [0.05, 0.1) is 5.41 Å². The van der Waals surface area contributed by atoms with Crippen LogP contribution in [0.25, 0.3) is 0 Å². The van der Waals surface area contributed by atoms with E-state index in [1.165, 1.54) is 0 Å². The van der Waals surface area contributed by atoms with Crippen LogP contribution < -0.4 is 0 Å². The average molecular weight is 154 g/mol. The maximum atomic E-state index is 11.3. The van der Waals surface area contributed by atoms with E-state index in [-0.39, 0.29) is 5.78 Å². The molecule has 0 saturated heterocycles. The van der Waals surface area contributed by atoms with Crippen molar-refractivity contribution in [1.82, 2.24) is 0 Å². The molecular formula is C9H14O2. The van der Waals surface area contributed by atoms with Crippen molar-refractivity contribution in [3.05, 3.63) is 0 Å². The van der Waals surface area contributed by atoms with E-state index in [1.54, 1.807) is 0 Å². The van der Waals surface area contributed by atoms with Crippen LogP contribution in [-0.2, 0) is 9.59 Å². The second-order valence-electron chi connectivity index (χ2n) is 3.26. The molecular weight excluding hydrogens is 140 g/mol. The van der Waals surface area contributed by atoms with E-state index >= 15 is 0 Å². The molecule has 0 aromatic carbocycles. The Balaban J connectivity index is 2.77. The molecule has 0 aromatic rings. The molecule has 11 heavy (non-hydrogen) atoms. The monoisotopic (exact) mass is 154 g/mol. The minimum Gasteiger partial charge on any atom is -0.302 e. The van der Waals surface area contributed by atoms with Gasteiger partial charge in [-0.1, -0.05) is 13.3 Å². The summed E-state index contributed by atoms with van der Waals surface area (Å²) in [5.74, 6) is 0.154. The highest BCUT2D eigenvalue weighted by molar-refractivity contribution is 5.98. The third kappa shape index (κ3) is 1.35. The molecule has 0 aromatic heterocycles. The smallest absolute Gasteiger partial charge is 0.146 e. The minimum absolute atomic E-state index is 0.154. The number of carbonyl (C=O) groups excluding carboxylic acids is 2. The van der Waals surface area contributed by atoms with Crippen LogP contribution in [0.3, 0.4) is 0 Å². The standard InChI is InChI=1S/C9H14O2/c1-2-9(7-10)6-4-3-5-8(9)11/h7H,2-6H2,1H3. The Labute approximate surface area is 67.0 Å². The van der Waals surface area contributed by atoms with Gasteiger partial charge in [0.15, 0.2) is 0 Å². The Morgan fingerprint density at radius 3 is 2.64 bits per heavy atom. The lowest BCUT2D eigenvalue weighted by molar-refractivity contribution is -0.137. The van der Waals surface area contributed by atoms with Crippen LogP contribution in [0.15, 0.2) is 0 Å². The first kappa shape index (κ1) is 8.44. The van der Waals surface area contributed by atoms with Gasteiger partial charge in [-0.3, -0.25) is 4.79 Å². The zero-order chi connectivity index (χ0) is 8.32. The predicted molar refractivity (Wildman–Crippen MR) is 42.3 cm³/mol. The number of rotatable bonds is 2. The molecule has 1 aliphatic carbocycles. The van der Waals surface area contributed by atoms with Crippen molar-refractivity contribution >= 4 is 12.1 Å². The number of hydrogen-bond acceptors (Lipinski definition) is 2. The van der Waals surface area contributed by atoms with Gasteiger partial charge in [-0.05, 0) is 19.3 Å². The van der Waals surface area contributed by atoms with Gasteiger partial charge < -0.3 is 4.79 Å². The summed E-state index contributed by atoms with van der Waals surface area (Å²) >= 11 is 0. The normalized spacial score (nSPS) is 31.9. The topological polar surface area (TPSA) is 34.1 Å². The second kappa shape index (κ2) is 3.16. The van der Waals surface area contributed by atoms with Crippen LogP contribution in [0.5, 0.6) is 0 Å². The van der Waals surface area contributed by atoms with Crippen molar-refractivity contribution in [3.63, 3.8) is 0 Å². The van der Waals surface area contributed by atoms with Crippen LogP contribution in [0, 0.1) is 5.41 Å². The molecule has 0 bridgehead atoms. The predicted octanol–water partition coefficient (Wildman–Crippen LogP) is 1.72. The molecule has 1 saturated carbocycles. The molecule has 1 aliphatic rings. The molecule has 2 nitrogen and oxygen atoms in total. The van der Waals surface area contributed by atoms with E-state index in [1.807, 2.05) is 6.92 Å². The molecule has 0 heterocycles. The number of carbonyl (C=O) groups is 2. The molecule has 62 valence electrons. The molecule has 1 atom stereocenters. The van der Waals surface area contributed by atoms with Crippen molar-refractivity contribution < 1.29 is 9.59 Å². The highest BCUT2D eigenvalue weighted by atomic mass is 16.1. The van der Waals surface area contributed by atoms with Crippen molar-refractivity contribution in [2.75, 3.05) is 0 Å². The summed E-state index contributed by atoms with van der Waals surface area (Å²) in [6, 6.07) is 0. The fourth-order valence-corrected chi connectivity index (χ4v) is 1.70. The highest BCUT2D eigenvalue weighted by Crippen LogP contribution is 2.33. The van der Waals surface area contributed by atoms with Gasteiger partial charge in [-0.25, -0.2) is 0 Å². The SMILES string of the molecule is CCC1(C=O)CCCCC1=O. The second-order valence-corrected chi connectivity index (χ2v) is 3.26. The van der Waals surface area contributed by atoms with Crippen molar-refractivity contribution in [3.8, 4) is 0 Å². The van der Waals surface area contributed by atoms with Gasteiger partial charge in [0.1, 0.15) is 12.1 Å². The summed E-state index contributed by atoms with van der Waals surface area (Å²) in [7, 11) is 0. The fraction of sp³-hybridized carbons (Fsp3) is 0.778. The third-order valence-corrected chi connectivity index (χ3v) is 2.69. The van der Waals surface area contributed by atoms with Crippen LogP contribution in [-0.4, -0.2) is 12.1 Å². The van der Waals surface area contributed by atoms with E-state index < -0.39 is 5.41 Å². The molecule has 1 fully saturated rings. The van der Waals surface area contributed by atoms with Crippen LogP contribution in [0.1, 0.15) is 39.0 Å². The Bertz CT molecular complexity index is 174. The summed E-state index contributed by atoms with van der Waals surface area (Å²) in [5.41, 5.74) is -0.599. The van der Waals surface area contributed by atoms with Crippen molar-refractivity contribution in [2.45, 2.75) is 39.0 Å². The van der Waals surface area contributed by atoms with E-state index in [0.29, 0.717) is 12.8 Å². The van der Waals surface area contributed by atoms with Gasteiger partial charge >= 0.3 is 0 Å². The molecule has 0 radical (unpaired) electrons. The fourth-order valence-electron chi connectivity index (χ4n) is 1.70. The number of ketones is 1. The summed E-state index contributed by atoms with van der Waals surface area (Å²) in [5, 5.41) is 0. The van der Waals surface area contributed by atoms with Gasteiger partial charge in [-0.2, -0.15) is 0 Å². The zero-order valence-corrected chi connectivity index (χ0v) is 6.93. The molecule has 0 aliphatic heterocycles. The van der Waals surface area contributed by atoms with E-state index in [2.05, 4.69) is 0 Å². The average Bonchev–Trinajstić information content (AvgIpc) is 2.06. The van der Waals surface area contributed by atoms with Gasteiger partial charge in [-0.15, -0.1) is 0 Å². The molecule has 2 heteroatoms. The number of Topliss-reactive ketones (excluding diaryl/α,β-unsaturated/α-hetero) is 1. The van der Waals surface area contributed by atoms with Crippen molar-refractivity contribution in [2.24, 2.45) is 5.41 Å². The molecule has 0 N–H and O–H groups in total. The van der Waals surface area contributed by atoms with E-state index in [0.717, 1.165) is 25.5 Å². The quantitative estimate of drug-likeness (QED) is 0.448. The first-order valence-electron chi connectivity index (χ1n) is 4.25. The zero-order valence-electron chi connectivity index (χ0n) is 6.93. The number of hydrogen-bond donors (Lipinski definition) is 0. The van der Waals surface area contributed by atoms with E-state index in [9.17, 15) is 9.59 Å². The summed E-state index contributed by atoms with van der Waals surface area (Å²) in [6.07, 6.45) is 4.90. The first-order chi connectivity index (χ1) is 5.25. The Morgan fingerprint density at radius 2 is 2.27 bits per heavy atom. The van der Waals surface area contributed by atoms with Gasteiger partial charge in [0, 0.05) is 6.42 Å². The van der Waals surface area contributed by atoms with Crippen LogP contribution in [0.2, 0.25) is 0 Å². The molecule has 1 rings (SSSR count). The lowest BCUT2D eigenvalue weighted by atomic mass is 9.72. The summed E-state index contributed by atoms with van der Waals surface area (Å²) in [6.45, 7) is 1.91. The van der Waals surface area contributed by atoms with Crippen molar-refractivity contribution in [1.29, 1.82) is 0 Å². The Hall–Kier alpha value is -0.660. The maximum absolute atomic E-state index is 11.3. The first-order valence-corrected chi connectivity index (χ1v) is 4.25. The van der Waals surface area contributed by atoms with Gasteiger partial charge in [0.25, 0.3) is 0 Å². The maximum Gasteiger partial charge on any atom is 0.146 e. The number of aldehydes is 1. The molecule has 0 amide bonds. The third-order valence-electron chi connectivity index (χ3n) is 2.69. The highest BCUT2D eigenvalue weighted by Gasteiger charge is 2.37. The molecule has 1 unspecified atom stereocenters. The lowest BCUT2D eigenvalue weighted by Crippen LogP contribution is -2.34. The van der Waals surface area contributed by atoms with Gasteiger partial charge in [0.2, 0.25) is 0 Å². The Morgan fingerprint density at radius 1 is 1.55 bits per heavy atom. The van der Waals surface area contributed by atoms with E-state index in [4.69, 9.17) is 0 Å². The minimum atomic E-state index is -0.599. The molecule has 0 spiro atoms. The van der Waals surface area contributed by atoms with Crippen LogP contribution in [0.4, 0.5) is 0 Å². The lowest BCUT2D eigenvalue weighted by Gasteiger charge is -2.28. The van der Waals surface area contributed by atoms with Crippen LogP contribution >= 0.6 is 0 Å². The summed E-state index contributed by atoms with van der Waals surface area (Å²) < 4.78 is 0.